The lowest BCUT2D eigenvalue weighted by Gasteiger charge is -1.98. The second kappa shape index (κ2) is 1.62. The number of aromatic nitrogens is 1. The SMILES string of the molecule is Cc1cc(C2(C)CC2)no1. The van der Waals surface area contributed by atoms with Crippen molar-refractivity contribution in [1.82, 2.24) is 5.16 Å². The van der Waals surface area contributed by atoms with E-state index in [0.29, 0.717) is 5.41 Å². The molecule has 1 saturated carbocycles. The van der Waals surface area contributed by atoms with Gasteiger partial charge in [-0.15, -0.1) is 0 Å². The highest BCUT2D eigenvalue weighted by Crippen LogP contribution is 2.46. The molecule has 2 nitrogen and oxygen atoms in total. The van der Waals surface area contributed by atoms with Gasteiger partial charge in [0, 0.05) is 11.5 Å². The molecular weight excluding hydrogens is 126 g/mol. The van der Waals surface area contributed by atoms with Crippen molar-refractivity contribution in [2.75, 3.05) is 0 Å². The van der Waals surface area contributed by atoms with Gasteiger partial charge in [0.25, 0.3) is 0 Å². The summed E-state index contributed by atoms with van der Waals surface area (Å²) in [7, 11) is 0. The van der Waals surface area contributed by atoms with E-state index in [1.165, 1.54) is 12.8 Å². The van der Waals surface area contributed by atoms with Gasteiger partial charge >= 0.3 is 0 Å². The summed E-state index contributed by atoms with van der Waals surface area (Å²) in [5.74, 6) is 0.920. The van der Waals surface area contributed by atoms with Gasteiger partial charge < -0.3 is 4.52 Å². The van der Waals surface area contributed by atoms with Gasteiger partial charge in [0.1, 0.15) is 5.76 Å². The molecule has 0 atom stereocenters. The number of hydrogen-bond acceptors (Lipinski definition) is 2. The normalized spacial score (nSPS) is 21.0. The summed E-state index contributed by atoms with van der Waals surface area (Å²) >= 11 is 0. The molecule has 0 radical (unpaired) electrons. The van der Waals surface area contributed by atoms with Gasteiger partial charge in [-0.05, 0) is 19.8 Å². The average molecular weight is 137 g/mol. The Morgan fingerprint density at radius 3 is 2.70 bits per heavy atom. The smallest absolute Gasteiger partial charge is 0.133 e. The fourth-order valence-corrected chi connectivity index (χ4v) is 1.09. The van der Waals surface area contributed by atoms with Crippen LogP contribution in [0.1, 0.15) is 31.2 Å². The van der Waals surface area contributed by atoms with E-state index in [1.54, 1.807) is 0 Å². The van der Waals surface area contributed by atoms with E-state index >= 15 is 0 Å². The third kappa shape index (κ3) is 0.753. The molecule has 0 spiro atoms. The van der Waals surface area contributed by atoms with Crippen molar-refractivity contribution in [3.63, 3.8) is 0 Å². The summed E-state index contributed by atoms with van der Waals surface area (Å²) in [6.07, 6.45) is 2.53. The van der Waals surface area contributed by atoms with Crippen LogP contribution < -0.4 is 0 Å². The molecule has 0 aliphatic heterocycles. The summed E-state index contributed by atoms with van der Waals surface area (Å²) in [4.78, 5) is 0. The molecule has 0 aromatic carbocycles. The predicted octanol–water partition coefficient (Wildman–Crippen LogP) is 2.03. The Bertz CT molecular complexity index is 248. The van der Waals surface area contributed by atoms with Crippen molar-refractivity contribution < 1.29 is 4.52 Å². The van der Waals surface area contributed by atoms with E-state index in [0.717, 1.165) is 11.5 Å². The molecule has 1 aliphatic carbocycles. The zero-order chi connectivity index (χ0) is 7.19. The Labute approximate surface area is 60.2 Å². The molecule has 0 saturated heterocycles. The average Bonchev–Trinajstić information content (AvgIpc) is 2.45. The topological polar surface area (TPSA) is 26.0 Å². The first-order valence-electron chi connectivity index (χ1n) is 3.64. The van der Waals surface area contributed by atoms with E-state index in [-0.39, 0.29) is 0 Å². The predicted molar refractivity (Wildman–Crippen MR) is 37.8 cm³/mol. The van der Waals surface area contributed by atoms with Gasteiger partial charge in [0.2, 0.25) is 0 Å². The molecular formula is C8H11NO. The summed E-state index contributed by atoms with van der Waals surface area (Å²) < 4.78 is 4.98. The van der Waals surface area contributed by atoms with Crippen LogP contribution in [0.25, 0.3) is 0 Å². The Kier molecular flexibility index (Phi) is 0.967. The Hall–Kier alpha value is -0.790. The minimum absolute atomic E-state index is 0.359. The highest BCUT2D eigenvalue weighted by Gasteiger charge is 2.41. The van der Waals surface area contributed by atoms with Crippen LogP contribution >= 0.6 is 0 Å². The van der Waals surface area contributed by atoms with Crippen molar-refractivity contribution in [1.29, 1.82) is 0 Å². The van der Waals surface area contributed by atoms with E-state index in [2.05, 4.69) is 12.1 Å². The van der Waals surface area contributed by atoms with Gasteiger partial charge in [-0.25, -0.2) is 0 Å². The van der Waals surface area contributed by atoms with Crippen molar-refractivity contribution >= 4 is 0 Å². The summed E-state index contributed by atoms with van der Waals surface area (Å²) in [6, 6.07) is 2.03. The lowest BCUT2D eigenvalue weighted by Crippen LogP contribution is -1.98. The fourth-order valence-electron chi connectivity index (χ4n) is 1.09. The highest BCUT2D eigenvalue weighted by molar-refractivity contribution is 5.22. The van der Waals surface area contributed by atoms with Crippen LogP contribution in [0.5, 0.6) is 0 Å². The lowest BCUT2D eigenvalue weighted by molar-refractivity contribution is 0.385. The van der Waals surface area contributed by atoms with Gasteiger partial charge in [0.15, 0.2) is 0 Å². The zero-order valence-electron chi connectivity index (χ0n) is 6.35. The van der Waals surface area contributed by atoms with Crippen molar-refractivity contribution in [3.8, 4) is 0 Å². The summed E-state index contributed by atoms with van der Waals surface area (Å²) in [5, 5.41) is 3.97. The second-order valence-electron chi connectivity index (χ2n) is 3.38. The van der Waals surface area contributed by atoms with E-state index in [9.17, 15) is 0 Å². The third-order valence-electron chi connectivity index (χ3n) is 2.25. The fraction of sp³-hybridized carbons (Fsp3) is 0.625. The molecule has 0 bridgehead atoms. The third-order valence-corrected chi connectivity index (χ3v) is 2.25. The quantitative estimate of drug-likeness (QED) is 0.592. The first-order valence-corrected chi connectivity index (χ1v) is 3.64. The highest BCUT2D eigenvalue weighted by atomic mass is 16.5. The van der Waals surface area contributed by atoms with Gasteiger partial charge in [-0.2, -0.15) is 0 Å². The van der Waals surface area contributed by atoms with Crippen LogP contribution in [-0.2, 0) is 5.41 Å². The zero-order valence-corrected chi connectivity index (χ0v) is 6.35. The minimum Gasteiger partial charge on any atom is -0.361 e. The molecule has 1 aliphatic rings. The van der Waals surface area contributed by atoms with Crippen LogP contribution in [-0.4, -0.2) is 5.16 Å². The molecule has 1 aromatic heterocycles. The number of aryl methyl sites for hydroxylation is 1. The van der Waals surface area contributed by atoms with Crippen molar-refractivity contribution in [2.45, 2.75) is 32.1 Å². The molecule has 0 N–H and O–H groups in total. The maximum absolute atomic E-state index is 4.98. The molecule has 54 valence electrons. The maximum Gasteiger partial charge on any atom is 0.133 e. The number of hydrogen-bond donors (Lipinski definition) is 0. The van der Waals surface area contributed by atoms with E-state index < -0.39 is 0 Å². The maximum atomic E-state index is 4.98. The molecule has 1 aromatic rings. The largest absolute Gasteiger partial charge is 0.361 e. The van der Waals surface area contributed by atoms with Gasteiger partial charge in [-0.3, -0.25) is 0 Å². The Morgan fingerprint density at radius 1 is 1.60 bits per heavy atom. The molecule has 0 amide bonds. The van der Waals surface area contributed by atoms with E-state index in [4.69, 9.17) is 4.52 Å². The minimum atomic E-state index is 0.359. The van der Waals surface area contributed by atoms with Crippen LogP contribution in [0.4, 0.5) is 0 Å². The van der Waals surface area contributed by atoms with E-state index in [1.807, 2.05) is 13.0 Å². The molecule has 2 rings (SSSR count). The van der Waals surface area contributed by atoms with Gasteiger partial charge in [0.05, 0.1) is 5.69 Å². The van der Waals surface area contributed by atoms with Crippen LogP contribution in [0.15, 0.2) is 10.6 Å². The summed E-state index contributed by atoms with van der Waals surface area (Å²) in [6.45, 7) is 4.16. The second-order valence-corrected chi connectivity index (χ2v) is 3.38. The lowest BCUT2D eigenvalue weighted by atomic mass is 10.1. The first kappa shape index (κ1) is 5.96. The van der Waals surface area contributed by atoms with Crippen LogP contribution in [0.2, 0.25) is 0 Å². The molecule has 2 heteroatoms. The first-order chi connectivity index (χ1) is 4.71. The molecule has 1 fully saturated rings. The van der Waals surface area contributed by atoms with Crippen LogP contribution in [0, 0.1) is 6.92 Å². The Balaban J connectivity index is 2.34. The molecule has 1 heterocycles. The summed E-state index contributed by atoms with van der Waals surface area (Å²) in [5.41, 5.74) is 1.49. The molecule has 10 heavy (non-hydrogen) atoms. The monoisotopic (exact) mass is 137 g/mol. The molecule has 0 unspecified atom stereocenters. The Morgan fingerprint density at radius 2 is 2.30 bits per heavy atom. The van der Waals surface area contributed by atoms with Crippen molar-refractivity contribution in [2.24, 2.45) is 0 Å². The number of rotatable bonds is 1. The van der Waals surface area contributed by atoms with Gasteiger partial charge in [-0.1, -0.05) is 12.1 Å². The number of nitrogens with zero attached hydrogens (tertiary/aromatic N) is 1. The van der Waals surface area contributed by atoms with Crippen LogP contribution in [0.3, 0.4) is 0 Å². The van der Waals surface area contributed by atoms with Crippen molar-refractivity contribution in [3.05, 3.63) is 17.5 Å². The standard InChI is InChI=1S/C8H11NO/c1-6-5-7(9-10-6)8(2)3-4-8/h5H,3-4H2,1-2H3.